The summed E-state index contributed by atoms with van der Waals surface area (Å²) in [4.78, 5) is 12.1. The average Bonchev–Trinajstić information content (AvgIpc) is 2.60. The predicted molar refractivity (Wildman–Crippen MR) is 114 cm³/mol. The summed E-state index contributed by atoms with van der Waals surface area (Å²) >= 11 is 5.83. The quantitative estimate of drug-likeness (QED) is 0.737. The highest BCUT2D eigenvalue weighted by atomic mass is 35.5. The van der Waals surface area contributed by atoms with E-state index in [0.29, 0.717) is 17.1 Å². The standard InChI is InChI=1S/C21H25ClN2O4S/c1-21(2,3)28-20(25)23-17-8-4-15-13-18(9-5-14(15)12-17)24-29(26,27)19-10-6-16(22)7-11-19/h5-7,9-11,13,17,24H,4,8,12H2,1-3H3,(H,23,25)/t17-/m0/s1. The van der Waals surface area contributed by atoms with Crippen molar-refractivity contribution in [2.75, 3.05) is 4.72 Å². The van der Waals surface area contributed by atoms with Crippen LogP contribution in [0.3, 0.4) is 0 Å². The van der Waals surface area contributed by atoms with Crippen LogP contribution < -0.4 is 10.0 Å². The molecular formula is C21H25ClN2O4S. The number of ether oxygens (including phenoxy) is 1. The Morgan fingerprint density at radius 2 is 1.79 bits per heavy atom. The largest absolute Gasteiger partial charge is 0.444 e. The van der Waals surface area contributed by atoms with E-state index in [9.17, 15) is 13.2 Å². The average molecular weight is 437 g/mol. The monoisotopic (exact) mass is 436 g/mol. The second-order valence-corrected chi connectivity index (χ2v) is 10.2. The number of anilines is 1. The molecule has 0 saturated carbocycles. The summed E-state index contributed by atoms with van der Waals surface area (Å²) in [5.41, 5.74) is 2.14. The van der Waals surface area contributed by atoms with Gasteiger partial charge in [-0.05, 0) is 87.6 Å². The number of hydrogen-bond acceptors (Lipinski definition) is 4. The fraction of sp³-hybridized carbons (Fsp3) is 0.381. The molecule has 1 aliphatic rings. The van der Waals surface area contributed by atoms with Crippen molar-refractivity contribution in [3.63, 3.8) is 0 Å². The lowest BCUT2D eigenvalue weighted by atomic mass is 9.88. The second-order valence-electron chi connectivity index (χ2n) is 8.13. The first-order valence-electron chi connectivity index (χ1n) is 9.41. The van der Waals surface area contributed by atoms with Crippen molar-refractivity contribution in [2.45, 2.75) is 56.6 Å². The molecule has 0 radical (unpaired) electrons. The molecule has 2 aromatic carbocycles. The number of carbonyl (C=O) groups is 1. The summed E-state index contributed by atoms with van der Waals surface area (Å²) in [5.74, 6) is 0. The molecular weight excluding hydrogens is 412 g/mol. The van der Waals surface area contributed by atoms with Gasteiger partial charge in [-0.2, -0.15) is 0 Å². The SMILES string of the molecule is CC(C)(C)OC(=O)N[C@H]1CCc2cc(NS(=O)(=O)c3ccc(Cl)cc3)ccc2C1. The van der Waals surface area contributed by atoms with Crippen LogP contribution in [-0.2, 0) is 27.6 Å². The molecule has 0 aliphatic heterocycles. The Kier molecular flexibility index (Phi) is 6.10. The number of amides is 1. The minimum Gasteiger partial charge on any atom is -0.444 e. The van der Waals surface area contributed by atoms with Crippen molar-refractivity contribution in [1.82, 2.24) is 5.32 Å². The third-order valence-electron chi connectivity index (χ3n) is 4.53. The minimum absolute atomic E-state index is 0.00559. The van der Waals surface area contributed by atoms with E-state index >= 15 is 0 Å². The Balaban J connectivity index is 1.67. The lowest BCUT2D eigenvalue weighted by Gasteiger charge is -2.27. The van der Waals surface area contributed by atoms with Crippen LogP contribution in [-0.4, -0.2) is 26.2 Å². The molecule has 1 amide bonds. The van der Waals surface area contributed by atoms with Gasteiger partial charge in [-0.1, -0.05) is 17.7 Å². The van der Waals surface area contributed by atoms with Crippen LogP contribution in [0.15, 0.2) is 47.4 Å². The van der Waals surface area contributed by atoms with Crippen LogP contribution in [0.4, 0.5) is 10.5 Å². The fourth-order valence-corrected chi connectivity index (χ4v) is 4.42. The molecule has 3 rings (SSSR count). The van der Waals surface area contributed by atoms with Gasteiger partial charge in [0.2, 0.25) is 0 Å². The zero-order valence-corrected chi connectivity index (χ0v) is 18.2. The van der Waals surface area contributed by atoms with Crippen molar-refractivity contribution >= 4 is 33.4 Å². The van der Waals surface area contributed by atoms with Gasteiger partial charge in [0.25, 0.3) is 10.0 Å². The highest BCUT2D eigenvalue weighted by molar-refractivity contribution is 7.92. The number of hydrogen-bond donors (Lipinski definition) is 2. The van der Waals surface area contributed by atoms with E-state index in [2.05, 4.69) is 10.0 Å². The number of halogens is 1. The second kappa shape index (κ2) is 8.24. The van der Waals surface area contributed by atoms with Crippen molar-refractivity contribution in [3.05, 3.63) is 58.6 Å². The molecule has 1 atom stereocenters. The van der Waals surface area contributed by atoms with Gasteiger partial charge >= 0.3 is 6.09 Å². The van der Waals surface area contributed by atoms with Gasteiger partial charge in [0.15, 0.2) is 0 Å². The lowest BCUT2D eigenvalue weighted by molar-refractivity contribution is 0.0500. The van der Waals surface area contributed by atoms with E-state index in [1.807, 2.05) is 32.9 Å². The van der Waals surface area contributed by atoms with Gasteiger partial charge in [0, 0.05) is 16.8 Å². The molecule has 29 heavy (non-hydrogen) atoms. The van der Waals surface area contributed by atoms with E-state index < -0.39 is 21.7 Å². The van der Waals surface area contributed by atoms with Crippen molar-refractivity contribution < 1.29 is 17.9 Å². The lowest BCUT2D eigenvalue weighted by Crippen LogP contribution is -2.41. The predicted octanol–water partition coefficient (Wildman–Crippen LogP) is 4.52. The van der Waals surface area contributed by atoms with E-state index in [1.165, 1.54) is 12.1 Å². The number of alkyl carbamates (subject to hydrolysis) is 1. The number of benzene rings is 2. The topological polar surface area (TPSA) is 84.5 Å². The molecule has 0 fully saturated rings. The summed E-state index contributed by atoms with van der Waals surface area (Å²) < 4.78 is 33.0. The summed E-state index contributed by atoms with van der Waals surface area (Å²) in [6.07, 6.45) is 1.77. The molecule has 0 aromatic heterocycles. The molecule has 2 aromatic rings. The molecule has 0 saturated heterocycles. The van der Waals surface area contributed by atoms with Crippen LogP contribution >= 0.6 is 11.6 Å². The highest BCUT2D eigenvalue weighted by Crippen LogP contribution is 2.26. The third-order valence-corrected chi connectivity index (χ3v) is 6.18. The van der Waals surface area contributed by atoms with Gasteiger partial charge in [-0.3, -0.25) is 4.72 Å². The molecule has 8 heteroatoms. The van der Waals surface area contributed by atoms with Gasteiger partial charge in [-0.15, -0.1) is 0 Å². The highest BCUT2D eigenvalue weighted by Gasteiger charge is 2.24. The number of nitrogens with one attached hydrogen (secondary N) is 2. The Labute approximate surface area is 176 Å². The normalized spacial score (nSPS) is 16.6. The van der Waals surface area contributed by atoms with Crippen LogP contribution in [0.5, 0.6) is 0 Å². The van der Waals surface area contributed by atoms with Gasteiger partial charge in [0.05, 0.1) is 4.90 Å². The van der Waals surface area contributed by atoms with Crippen LogP contribution in [0.25, 0.3) is 0 Å². The zero-order valence-electron chi connectivity index (χ0n) is 16.7. The summed E-state index contributed by atoms with van der Waals surface area (Å²) in [6.45, 7) is 5.49. The molecule has 0 bridgehead atoms. The number of rotatable bonds is 4. The van der Waals surface area contributed by atoms with Crippen LogP contribution in [0.1, 0.15) is 38.3 Å². The fourth-order valence-electron chi connectivity index (χ4n) is 3.24. The molecule has 6 nitrogen and oxygen atoms in total. The zero-order chi connectivity index (χ0) is 21.2. The van der Waals surface area contributed by atoms with Gasteiger partial charge in [0.1, 0.15) is 5.60 Å². The molecule has 2 N–H and O–H groups in total. The third kappa shape index (κ3) is 5.87. The molecule has 0 unspecified atom stereocenters. The van der Waals surface area contributed by atoms with Crippen LogP contribution in [0.2, 0.25) is 5.02 Å². The van der Waals surface area contributed by atoms with Crippen molar-refractivity contribution in [1.29, 1.82) is 0 Å². The molecule has 0 spiro atoms. The maximum absolute atomic E-state index is 12.6. The Hall–Kier alpha value is -2.25. The van der Waals surface area contributed by atoms with E-state index in [-0.39, 0.29) is 10.9 Å². The number of sulfonamides is 1. The van der Waals surface area contributed by atoms with E-state index in [1.54, 1.807) is 18.2 Å². The van der Waals surface area contributed by atoms with E-state index in [0.717, 1.165) is 24.0 Å². The van der Waals surface area contributed by atoms with Crippen molar-refractivity contribution in [3.8, 4) is 0 Å². The number of carbonyl (C=O) groups excluding carboxylic acids is 1. The smallest absolute Gasteiger partial charge is 0.407 e. The van der Waals surface area contributed by atoms with Crippen molar-refractivity contribution in [2.24, 2.45) is 0 Å². The Morgan fingerprint density at radius 3 is 2.45 bits per heavy atom. The minimum atomic E-state index is -3.68. The maximum atomic E-state index is 12.6. The molecule has 1 aliphatic carbocycles. The van der Waals surface area contributed by atoms with Gasteiger partial charge in [-0.25, -0.2) is 13.2 Å². The summed E-state index contributed by atoms with van der Waals surface area (Å²) in [5, 5.41) is 3.39. The summed E-state index contributed by atoms with van der Waals surface area (Å²) in [6, 6.07) is 11.5. The number of fused-ring (bicyclic) bond motifs is 1. The first-order chi connectivity index (χ1) is 13.5. The molecule has 0 heterocycles. The molecule has 156 valence electrons. The maximum Gasteiger partial charge on any atom is 0.407 e. The Morgan fingerprint density at radius 1 is 1.10 bits per heavy atom. The first-order valence-corrected chi connectivity index (χ1v) is 11.3. The summed E-state index contributed by atoms with van der Waals surface area (Å²) in [7, 11) is -3.68. The Bertz CT molecular complexity index is 998. The van der Waals surface area contributed by atoms with Crippen LogP contribution in [0, 0.1) is 0 Å². The first kappa shape index (κ1) is 21.5. The number of aryl methyl sites for hydroxylation is 1. The van der Waals surface area contributed by atoms with Gasteiger partial charge < -0.3 is 10.1 Å². The van der Waals surface area contributed by atoms with E-state index in [4.69, 9.17) is 16.3 Å².